The molecule has 31 heavy (non-hydrogen) atoms. The van der Waals surface area contributed by atoms with Crippen molar-refractivity contribution in [2.75, 3.05) is 26.2 Å². The smallest absolute Gasteiger partial charge is 0.273 e. The number of carbonyl (C=O) groups excluding carboxylic acids is 1. The Bertz CT molecular complexity index is 970. The fraction of sp³-hybridized carbons (Fsp3) is 0.500. The molecule has 9 heteroatoms. The van der Waals surface area contributed by atoms with Crippen molar-refractivity contribution in [2.45, 2.75) is 43.2 Å². The number of piperidine rings is 1. The summed E-state index contributed by atoms with van der Waals surface area (Å²) < 4.78 is 33.5. The molecule has 0 aliphatic carbocycles. The summed E-state index contributed by atoms with van der Waals surface area (Å²) in [6.45, 7) is 2.38. The number of aryl methyl sites for hydroxylation is 1. The molecule has 0 radical (unpaired) electrons. The van der Waals surface area contributed by atoms with Crippen LogP contribution in [0.15, 0.2) is 52.0 Å². The molecule has 8 nitrogen and oxygen atoms in total. The van der Waals surface area contributed by atoms with Gasteiger partial charge in [-0.1, -0.05) is 30.3 Å². The Kier molecular flexibility index (Phi) is 7.06. The number of furan rings is 1. The first-order valence-corrected chi connectivity index (χ1v) is 12.4. The molecule has 0 spiro atoms. The van der Waals surface area contributed by atoms with Crippen molar-refractivity contribution in [1.82, 2.24) is 20.5 Å². The minimum Gasteiger partial charge on any atom is -0.447 e. The third-order valence-corrected chi connectivity index (χ3v) is 7.25. The number of hydrazine groups is 1. The maximum absolute atomic E-state index is 13.0. The van der Waals surface area contributed by atoms with Crippen LogP contribution in [0.1, 0.15) is 43.0 Å². The Morgan fingerprint density at radius 2 is 1.87 bits per heavy atom. The number of nitrogens with zero attached hydrogens (tertiary/aromatic N) is 1. The van der Waals surface area contributed by atoms with Crippen molar-refractivity contribution in [3.05, 3.63) is 53.8 Å². The summed E-state index contributed by atoms with van der Waals surface area (Å²) in [5.74, 6) is 0.214. The van der Waals surface area contributed by atoms with Gasteiger partial charge in [-0.05, 0) is 49.8 Å². The molecule has 2 aliphatic rings. The van der Waals surface area contributed by atoms with E-state index in [0.717, 1.165) is 38.8 Å². The molecule has 1 amide bonds. The standard InChI is InChI=1S/C22H30N4O4S/c27-22(26-14-5-2-6-15-26)18-16-23-25-21(18)19-11-12-20(30-19)31(28,29)24-13-7-10-17-8-3-1-4-9-17/h1,3-4,8-9,11-12,18,21,23-25H,2,5-7,10,13-16H2. The van der Waals surface area contributed by atoms with Crippen LogP contribution >= 0.6 is 0 Å². The summed E-state index contributed by atoms with van der Waals surface area (Å²) in [5.41, 5.74) is 7.27. The highest BCUT2D eigenvalue weighted by Crippen LogP contribution is 2.30. The van der Waals surface area contributed by atoms with Crippen LogP contribution in [0.4, 0.5) is 0 Å². The summed E-state index contributed by atoms with van der Waals surface area (Å²) in [6, 6.07) is 12.7. The number of nitrogens with one attached hydrogen (secondary N) is 3. The fourth-order valence-electron chi connectivity index (χ4n) is 4.21. The normalized spacial score (nSPS) is 22.0. The Labute approximate surface area is 183 Å². The zero-order valence-corrected chi connectivity index (χ0v) is 18.4. The summed E-state index contributed by atoms with van der Waals surface area (Å²) in [6.07, 6.45) is 4.71. The van der Waals surface area contributed by atoms with Crippen LogP contribution in [0.5, 0.6) is 0 Å². The summed E-state index contributed by atoms with van der Waals surface area (Å²) in [7, 11) is -3.74. The highest BCUT2D eigenvalue weighted by molar-refractivity contribution is 7.89. The lowest BCUT2D eigenvalue weighted by Crippen LogP contribution is -2.42. The van der Waals surface area contributed by atoms with Crippen LogP contribution in [0.25, 0.3) is 0 Å². The molecule has 1 aromatic heterocycles. The van der Waals surface area contributed by atoms with E-state index in [-0.39, 0.29) is 16.9 Å². The lowest BCUT2D eigenvalue weighted by atomic mass is 9.97. The lowest BCUT2D eigenvalue weighted by molar-refractivity contribution is -0.136. The van der Waals surface area contributed by atoms with Gasteiger partial charge in [0.15, 0.2) is 0 Å². The van der Waals surface area contributed by atoms with E-state index in [1.54, 1.807) is 6.07 Å². The van der Waals surface area contributed by atoms with Crippen molar-refractivity contribution >= 4 is 15.9 Å². The van der Waals surface area contributed by atoms with Gasteiger partial charge in [0.1, 0.15) is 5.76 Å². The molecular formula is C22H30N4O4S. The van der Waals surface area contributed by atoms with Crippen LogP contribution in [-0.2, 0) is 21.2 Å². The molecule has 3 N–H and O–H groups in total. The van der Waals surface area contributed by atoms with E-state index in [4.69, 9.17) is 4.42 Å². The Morgan fingerprint density at radius 3 is 2.65 bits per heavy atom. The summed E-state index contributed by atoms with van der Waals surface area (Å²) in [4.78, 5) is 14.9. The average Bonchev–Trinajstić information content (AvgIpc) is 3.47. The summed E-state index contributed by atoms with van der Waals surface area (Å²) in [5, 5.41) is -0.125. The number of carbonyl (C=O) groups is 1. The van der Waals surface area contributed by atoms with Gasteiger partial charge in [-0.25, -0.2) is 18.6 Å². The second-order valence-corrected chi connectivity index (χ2v) is 9.84. The average molecular weight is 447 g/mol. The van der Waals surface area contributed by atoms with E-state index in [0.29, 0.717) is 25.3 Å². The van der Waals surface area contributed by atoms with Crippen LogP contribution in [0, 0.1) is 5.92 Å². The molecule has 3 heterocycles. The minimum absolute atomic E-state index is 0.0852. The van der Waals surface area contributed by atoms with Crippen molar-refractivity contribution in [1.29, 1.82) is 0 Å². The maximum Gasteiger partial charge on any atom is 0.273 e. The van der Waals surface area contributed by atoms with Crippen LogP contribution in [0.3, 0.4) is 0 Å². The van der Waals surface area contributed by atoms with Crippen molar-refractivity contribution in [2.24, 2.45) is 5.92 Å². The molecular weight excluding hydrogens is 416 g/mol. The van der Waals surface area contributed by atoms with Gasteiger partial charge in [-0.2, -0.15) is 0 Å². The van der Waals surface area contributed by atoms with E-state index in [9.17, 15) is 13.2 Å². The Hall–Kier alpha value is -2.20. The molecule has 0 saturated carbocycles. The van der Waals surface area contributed by atoms with Crippen LogP contribution < -0.4 is 15.6 Å². The molecule has 4 rings (SSSR count). The van der Waals surface area contributed by atoms with Gasteiger partial charge in [0, 0.05) is 26.2 Å². The number of likely N-dealkylation sites (tertiary alicyclic amines) is 1. The predicted octanol–water partition coefficient (Wildman–Crippen LogP) is 1.97. The molecule has 0 bridgehead atoms. The first-order valence-electron chi connectivity index (χ1n) is 10.9. The van der Waals surface area contributed by atoms with Gasteiger partial charge in [0.25, 0.3) is 10.0 Å². The second kappa shape index (κ2) is 9.95. The Morgan fingerprint density at radius 1 is 1.10 bits per heavy atom. The predicted molar refractivity (Wildman–Crippen MR) is 116 cm³/mol. The number of hydrogen-bond donors (Lipinski definition) is 3. The SMILES string of the molecule is O=C(C1CNNC1c1ccc(S(=O)(=O)NCCCc2ccccc2)o1)N1CCCCC1. The van der Waals surface area contributed by atoms with Gasteiger partial charge in [-0.15, -0.1) is 0 Å². The van der Waals surface area contributed by atoms with Crippen molar-refractivity contribution in [3.8, 4) is 0 Å². The second-order valence-electron chi connectivity index (χ2n) is 8.14. The molecule has 168 valence electrons. The van der Waals surface area contributed by atoms with Gasteiger partial charge in [0.05, 0.1) is 12.0 Å². The van der Waals surface area contributed by atoms with Gasteiger partial charge in [0.2, 0.25) is 11.0 Å². The van der Waals surface area contributed by atoms with Gasteiger partial charge < -0.3 is 9.32 Å². The van der Waals surface area contributed by atoms with Crippen LogP contribution in [0.2, 0.25) is 0 Å². The first-order chi connectivity index (χ1) is 15.0. The molecule has 2 aromatic rings. The van der Waals surface area contributed by atoms with Crippen molar-refractivity contribution in [3.63, 3.8) is 0 Å². The highest BCUT2D eigenvalue weighted by Gasteiger charge is 2.39. The number of benzene rings is 1. The van der Waals surface area contributed by atoms with E-state index in [2.05, 4.69) is 15.6 Å². The quantitative estimate of drug-likeness (QED) is 0.536. The molecule has 2 fully saturated rings. The van der Waals surface area contributed by atoms with E-state index in [1.807, 2.05) is 35.2 Å². The number of rotatable bonds is 8. The molecule has 2 unspecified atom stereocenters. The lowest BCUT2D eigenvalue weighted by Gasteiger charge is -2.30. The fourth-order valence-corrected chi connectivity index (χ4v) is 5.21. The third kappa shape index (κ3) is 5.35. The largest absolute Gasteiger partial charge is 0.447 e. The molecule has 2 atom stereocenters. The third-order valence-electron chi connectivity index (χ3n) is 5.92. The van der Waals surface area contributed by atoms with Gasteiger partial charge >= 0.3 is 0 Å². The number of hydrogen-bond acceptors (Lipinski definition) is 6. The minimum atomic E-state index is -3.74. The zero-order valence-electron chi connectivity index (χ0n) is 17.5. The highest BCUT2D eigenvalue weighted by atomic mass is 32.2. The van der Waals surface area contributed by atoms with Crippen LogP contribution in [-0.4, -0.2) is 45.4 Å². The van der Waals surface area contributed by atoms with E-state index in [1.165, 1.54) is 11.6 Å². The zero-order chi connectivity index (χ0) is 21.7. The molecule has 1 aromatic carbocycles. The maximum atomic E-state index is 13.0. The summed E-state index contributed by atoms with van der Waals surface area (Å²) >= 11 is 0. The number of sulfonamides is 1. The van der Waals surface area contributed by atoms with Gasteiger partial charge in [-0.3, -0.25) is 10.2 Å². The number of amides is 1. The Balaban J connectivity index is 1.35. The molecule has 2 aliphatic heterocycles. The topological polar surface area (TPSA) is 104 Å². The van der Waals surface area contributed by atoms with Crippen molar-refractivity contribution < 1.29 is 17.6 Å². The van der Waals surface area contributed by atoms with E-state index >= 15 is 0 Å². The first kappa shape index (κ1) is 22.0. The van der Waals surface area contributed by atoms with E-state index < -0.39 is 16.1 Å². The molecule has 2 saturated heterocycles. The monoisotopic (exact) mass is 446 g/mol.